The van der Waals surface area contributed by atoms with Gasteiger partial charge in [-0.05, 0) is 18.6 Å². The number of likely N-dealkylation sites (N-methyl/N-ethyl adjacent to an activating group) is 1. The Morgan fingerprint density at radius 1 is 1.44 bits per heavy atom. The van der Waals surface area contributed by atoms with Gasteiger partial charge < -0.3 is 4.90 Å². The fraction of sp³-hybridized carbons (Fsp3) is 0.308. The number of dihydropyridines is 1. The van der Waals surface area contributed by atoms with Crippen molar-refractivity contribution in [2.75, 3.05) is 6.54 Å². The Bertz CT molecular complexity index is 594. The Morgan fingerprint density at radius 3 is 2.94 bits per heavy atom. The van der Waals surface area contributed by atoms with E-state index in [0.717, 1.165) is 23.3 Å². The molecule has 2 aliphatic heterocycles. The molecule has 0 aromatic carbocycles. The number of hydrogen-bond donors (Lipinski definition) is 0. The van der Waals surface area contributed by atoms with Gasteiger partial charge in [0.15, 0.2) is 0 Å². The molecule has 5 nitrogen and oxygen atoms in total. The van der Waals surface area contributed by atoms with E-state index in [0.29, 0.717) is 0 Å². The summed E-state index contributed by atoms with van der Waals surface area (Å²) in [4.78, 5) is 17.9. The largest absolute Gasteiger partial charge is 0.362 e. The van der Waals surface area contributed by atoms with Crippen LogP contribution in [0, 0.1) is 0 Å². The molecule has 3 rings (SSSR count). The summed E-state index contributed by atoms with van der Waals surface area (Å²) in [6.45, 7) is 2.83. The van der Waals surface area contributed by atoms with Crippen LogP contribution in [0.2, 0.25) is 0 Å². The maximum Gasteiger partial charge on any atom is 0.272 e. The predicted octanol–water partition coefficient (Wildman–Crippen LogP) is 1.00. The summed E-state index contributed by atoms with van der Waals surface area (Å²) in [7, 11) is 1.88. The first-order valence-electron chi connectivity index (χ1n) is 5.95. The van der Waals surface area contributed by atoms with Crippen LogP contribution >= 0.6 is 0 Å². The van der Waals surface area contributed by atoms with E-state index in [-0.39, 0.29) is 11.9 Å². The number of carbonyl (C=O) groups excluding carboxylic acids is 1. The monoisotopic (exact) mass is 242 g/mol. The molecule has 3 heterocycles. The van der Waals surface area contributed by atoms with Crippen LogP contribution in [0.15, 0.2) is 35.2 Å². The van der Waals surface area contributed by atoms with Crippen molar-refractivity contribution in [1.29, 1.82) is 0 Å². The zero-order chi connectivity index (χ0) is 12.7. The highest BCUT2D eigenvalue weighted by Gasteiger charge is 2.34. The van der Waals surface area contributed by atoms with E-state index in [1.165, 1.54) is 0 Å². The van der Waals surface area contributed by atoms with E-state index in [1.54, 1.807) is 17.1 Å². The smallest absolute Gasteiger partial charge is 0.272 e. The summed E-state index contributed by atoms with van der Waals surface area (Å²) in [5.74, 6) is -0.0931. The number of fused-ring (bicyclic) bond motifs is 1. The van der Waals surface area contributed by atoms with Crippen LogP contribution in [0.4, 0.5) is 0 Å². The van der Waals surface area contributed by atoms with Gasteiger partial charge in [-0.15, -0.1) is 0 Å². The first kappa shape index (κ1) is 11.0. The van der Waals surface area contributed by atoms with Crippen molar-refractivity contribution in [1.82, 2.24) is 14.7 Å². The molecular formula is C13H14N4O. The van der Waals surface area contributed by atoms with Crippen molar-refractivity contribution in [3.8, 4) is 0 Å². The number of hydrogen-bond acceptors (Lipinski definition) is 3. The van der Waals surface area contributed by atoms with Crippen LogP contribution in [0.3, 0.4) is 0 Å². The first-order chi connectivity index (χ1) is 8.70. The van der Waals surface area contributed by atoms with Crippen LogP contribution in [0.5, 0.6) is 0 Å². The average molecular weight is 242 g/mol. The third-order valence-corrected chi connectivity index (χ3v) is 3.32. The number of allylic oxidation sites excluding steroid dienone is 1. The van der Waals surface area contributed by atoms with Crippen molar-refractivity contribution in [3.05, 3.63) is 35.8 Å². The molecule has 0 radical (unpaired) electrons. The molecule has 1 unspecified atom stereocenters. The first-order valence-corrected chi connectivity index (χ1v) is 5.95. The maximum atomic E-state index is 11.9. The van der Waals surface area contributed by atoms with Crippen LogP contribution in [0.25, 0.3) is 5.57 Å². The molecule has 1 aromatic rings. The summed E-state index contributed by atoms with van der Waals surface area (Å²) < 4.78 is 1.75. The molecule has 1 atom stereocenters. The van der Waals surface area contributed by atoms with Gasteiger partial charge in [0.05, 0.1) is 6.20 Å². The third-order valence-electron chi connectivity index (χ3n) is 3.32. The van der Waals surface area contributed by atoms with E-state index in [1.807, 2.05) is 37.3 Å². The molecule has 92 valence electrons. The highest BCUT2D eigenvalue weighted by molar-refractivity contribution is 6.19. The predicted molar refractivity (Wildman–Crippen MR) is 68.9 cm³/mol. The highest BCUT2D eigenvalue weighted by atomic mass is 16.1. The van der Waals surface area contributed by atoms with Gasteiger partial charge in [-0.3, -0.25) is 9.48 Å². The van der Waals surface area contributed by atoms with Gasteiger partial charge in [0.2, 0.25) is 0 Å². The van der Waals surface area contributed by atoms with Gasteiger partial charge in [0.1, 0.15) is 6.04 Å². The summed E-state index contributed by atoms with van der Waals surface area (Å²) in [5.41, 5.74) is 3.00. The summed E-state index contributed by atoms with van der Waals surface area (Å²) in [5, 5.41) is 4.16. The van der Waals surface area contributed by atoms with Crippen molar-refractivity contribution in [3.63, 3.8) is 0 Å². The lowest BCUT2D eigenvalue weighted by Crippen LogP contribution is -2.36. The molecule has 5 heteroatoms. The molecule has 0 saturated carbocycles. The fourth-order valence-corrected chi connectivity index (χ4v) is 2.41. The molecule has 1 aromatic heterocycles. The summed E-state index contributed by atoms with van der Waals surface area (Å²) in [6.07, 6.45) is 9.34. The number of amides is 1. The van der Waals surface area contributed by atoms with Crippen molar-refractivity contribution >= 4 is 17.7 Å². The minimum atomic E-state index is -0.254. The Labute approximate surface area is 105 Å². The van der Waals surface area contributed by atoms with Crippen LogP contribution in [-0.4, -0.2) is 39.4 Å². The Balaban J connectivity index is 2.09. The van der Waals surface area contributed by atoms with Gasteiger partial charge in [-0.1, -0.05) is 0 Å². The lowest BCUT2D eigenvalue weighted by Gasteiger charge is -2.25. The molecule has 0 fully saturated rings. The third kappa shape index (κ3) is 1.51. The lowest BCUT2D eigenvalue weighted by atomic mass is 9.96. The SMILES string of the molecule is CCN1C=CC2=C(c3cnn(C)c3)C=NC(=O)C21. The zero-order valence-electron chi connectivity index (χ0n) is 10.4. The van der Waals surface area contributed by atoms with Crippen LogP contribution in [-0.2, 0) is 11.8 Å². The number of aryl methyl sites for hydroxylation is 1. The van der Waals surface area contributed by atoms with Crippen LogP contribution < -0.4 is 0 Å². The molecule has 0 saturated heterocycles. The van der Waals surface area contributed by atoms with Gasteiger partial charge >= 0.3 is 0 Å². The molecule has 2 aliphatic rings. The molecule has 0 aliphatic carbocycles. The Hall–Kier alpha value is -2.17. The van der Waals surface area contributed by atoms with Gasteiger partial charge in [-0.25, -0.2) is 4.99 Å². The highest BCUT2D eigenvalue weighted by Crippen LogP contribution is 2.31. The fourth-order valence-electron chi connectivity index (χ4n) is 2.41. The molecule has 0 N–H and O–H groups in total. The topological polar surface area (TPSA) is 50.5 Å². The second kappa shape index (κ2) is 3.94. The summed E-state index contributed by atoms with van der Waals surface area (Å²) in [6, 6.07) is -0.254. The Kier molecular flexibility index (Phi) is 2.40. The second-order valence-corrected chi connectivity index (χ2v) is 4.42. The molecule has 0 spiro atoms. The van der Waals surface area contributed by atoms with Crippen molar-refractivity contribution in [2.45, 2.75) is 13.0 Å². The minimum absolute atomic E-state index is 0.0931. The molecule has 0 bridgehead atoms. The van der Waals surface area contributed by atoms with Crippen LogP contribution in [0.1, 0.15) is 12.5 Å². The number of nitrogens with zero attached hydrogens (tertiary/aromatic N) is 4. The van der Waals surface area contributed by atoms with Gasteiger partial charge in [-0.2, -0.15) is 5.10 Å². The normalized spacial score (nSPS) is 22.0. The molecular weight excluding hydrogens is 228 g/mol. The van der Waals surface area contributed by atoms with E-state index < -0.39 is 0 Å². The van der Waals surface area contributed by atoms with Gasteiger partial charge in [0, 0.05) is 43.3 Å². The Morgan fingerprint density at radius 2 is 2.28 bits per heavy atom. The van der Waals surface area contributed by atoms with E-state index in [2.05, 4.69) is 10.1 Å². The molecule has 18 heavy (non-hydrogen) atoms. The molecule has 1 amide bonds. The van der Waals surface area contributed by atoms with Crippen molar-refractivity contribution in [2.24, 2.45) is 12.0 Å². The van der Waals surface area contributed by atoms with E-state index in [4.69, 9.17) is 0 Å². The second-order valence-electron chi connectivity index (χ2n) is 4.42. The quantitative estimate of drug-likeness (QED) is 0.777. The summed E-state index contributed by atoms with van der Waals surface area (Å²) >= 11 is 0. The zero-order valence-corrected chi connectivity index (χ0v) is 10.4. The number of aromatic nitrogens is 2. The van der Waals surface area contributed by atoms with Gasteiger partial charge in [0.25, 0.3) is 5.91 Å². The minimum Gasteiger partial charge on any atom is -0.362 e. The number of carbonyl (C=O) groups is 1. The number of rotatable bonds is 2. The number of aliphatic imine (C=N–C) groups is 1. The lowest BCUT2D eigenvalue weighted by molar-refractivity contribution is -0.120. The standard InChI is InChI=1S/C13H14N4O/c1-3-17-5-4-10-11(7-14-13(18)12(10)17)9-6-15-16(2)8-9/h4-8,12H,3H2,1-2H3. The maximum absolute atomic E-state index is 11.9. The average Bonchev–Trinajstić information content (AvgIpc) is 2.96. The van der Waals surface area contributed by atoms with E-state index >= 15 is 0 Å². The van der Waals surface area contributed by atoms with Crippen molar-refractivity contribution < 1.29 is 4.79 Å². The van der Waals surface area contributed by atoms with E-state index in [9.17, 15) is 4.79 Å².